The Morgan fingerprint density at radius 1 is 1.23 bits per heavy atom. The molecule has 26 heavy (non-hydrogen) atoms. The first-order chi connectivity index (χ1) is 12.4. The summed E-state index contributed by atoms with van der Waals surface area (Å²) in [6, 6.07) is 8.34. The van der Waals surface area contributed by atoms with Gasteiger partial charge in [0, 0.05) is 38.6 Å². The largest absolute Gasteiger partial charge is 0.510 e. The number of allylic oxidation sites excluding steroid dienone is 2. The Hall–Kier alpha value is -1.82. The fraction of sp³-hybridized carbons (Fsp3) is 0.450. The standard InChI is InChI=1S/C20H26ClN3O2/c1-13-16(11-17(20(22)26)19(25)18(13)21)15-5-3-14(4-6-15)12-24-9-7-23(2)8-10-24/h3-6,11,13,18,25H,7-10,12H2,1-2H3,(H2,22,26). The van der Waals surface area contributed by atoms with Gasteiger partial charge in [0.05, 0.1) is 11.0 Å². The van der Waals surface area contributed by atoms with E-state index in [0.29, 0.717) is 0 Å². The average Bonchev–Trinajstić information content (AvgIpc) is 2.62. The molecule has 6 heteroatoms. The van der Waals surface area contributed by atoms with Gasteiger partial charge in [-0.25, -0.2) is 0 Å². The number of alkyl halides is 1. The predicted molar refractivity (Wildman–Crippen MR) is 105 cm³/mol. The molecule has 3 rings (SSSR count). The molecule has 0 aromatic heterocycles. The number of benzene rings is 1. The summed E-state index contributed by atoms with van der Waals surface area (Å²) in [6.07, 6.45) is 1.66. The zero-order chi connectivity index (χ0) is 18.8. The smallest absolute Gasteiger partial charge is 0.252 e. The van der Waals surface area contributed by atoms with Crippen molar-refractivity contribution in [3.63, 3.8) is 0 Å². The van der Waals surface area contributed by atoms with Gasteiger partial charge >= 0.3 is 0 Å². The lowest BCUT2D eigenvalue weighted by Crippen LogP contribution is -2.43. The lowest BCUT2D eigenvalue weighted by molar-refractivity contribution is -0.114. The quantitative estimate of drug-likeness (QED) is 0.793. The number of primary amides is 1. The van der Waals surface area contributed by atoms with Crippen LogP contribution in [0.2, 0.25) is 0 Å². The highest BCUT2D eigenvalue weighted by Crippen LogP contribution is 2.37. The number of aliphatic hydroxyl groups is 1. The molecule has 1 saturated heterocycles. The Labute approximate surface area is 159 Å². The van der Waals surface area contributed by atoms with Crippen molar-refractivity contribution >= 4 is 23.1 Å². The third kappa shape index (κ3) is 3.95. The van der Waals surface area contributed by atoms with Crippen molar-refractivity contribution < 1.29 is 9.90 Å². The van der Waals surface area contributed by atoms with E-state index in [1.165, 1.54) is 5.56 Å². The van der Waals surface area contributed by atoms with Crippen LogP contribution < -0.4 is 5.73 Å². The van der Waals surface area contributed by atoms with Crippen molar-refractivity contribution in [1.82, 2.24) is 9.80 Å². The van der Waals surface area contributed by atoms with Crippen molar-refractivity contribution in [2.45, 2.75) is 18.8 Å². The first-order valence-electron chi connectivity index (χ1n) is 8.95. The van der Waals surface area contributed by atoms with Crippen LogP contribution in [0.25, 0.3) is 5.57 Å². The third-order valence-corrected chi connectivity index (χ3v) is 5.91. The topological polar surface area (TPSA) is 69.8 Å². The average molecular weight is 376 g/mol. The van der Waals surface area contributed by atoms with Crippen LogP contribution in [0.4, 0.5) is 0 Å². The monoisotopic (exact) mass is 375 g/mol. The van der Waals surface area contributed by atoms with Crippen LogP contribution in [0.15, 0.2) is 41.7 Å². The van der Waals surface area contributed by atoms with Crippen LogP contribution in [0, 0.1) is 5.92 Å². The molecule has 3 N–H and O–H groups in total. The van der Waals surface area contributed by atoms with Crippen molar-refractivity contribution in [2.24, 2.45) is 11.7 Å². The third-order valence-electron chi connectivity index (χ3n) is 5.32. The van der Waals surface area contributed by atoms with Crippen LogP contribution in [0.5, 0.6) is 0 Å². The Bertz CT molecular complexity index is 734. The molecule has 1 fully saturated rings. The van der Waals surface area contributed by atoms with E-state index in [2.05, 4.69) is 41.1 Å². The molecule has 140 valence electrons. The number of rotatable bonds is 4. The summed E-state index contributed by atoms with van der Waals surface area (Å²) in [4.78, 5) is 16.4. The number of aliphatic hydroxyl groups excluding tert-OH is 1. The minimum Gasteiger partial charge on any atom is -0.510 e. The molecular formula is C20H26ClN3O2. The number of hydrogen-bond acceptors (Lipinski definition) is 4. The first kappa shape index (κ1) is 19.0. The normalized spacial score (nSPS) is 25.3. The highest BCUT2D eigenvalue weighted by atomic mass is 35.5. The summed E-state index contributed by atoms with van der Waals surface area (Å²) in [5.74, 6) is -0.908. The molecular weight excluding hydrogens is 350 g/mol. The summed E-state index contributed by atoms with van der Waals surface area (Å²) >= 11 is 6.31. The van der Waals surface area contributed by atoms with Crippen molar-refractivity contribution in [3.05, 3.63) is 52.8 Å². The van der Waals surface area contributed by atoms with E-state index in [4.69, 9.17) is 17.3 Å². The van der Waals surface area contributed by atoms with Gasteiger partial charge in [-0.05, 0) is 29.8 Å². The Kier molecular flexibility index (Phi) is 5.70. The summed E-state index contributed by atoms with van der Waals surface area (Å²) in [5, 5.41) is 9.43. The maximum atomic E-state index is 11.6. The second-order valence-corrected chi connectivity index (χ2v) is 7.70. The SMILES string of the molecule is CC1C(c2ccc(CN3CCN(C)CC3)cc2)=CC(C(N)=O)=C(O)C1Cl. The van der Waals surface area contributed by atoms with Crippen LogP contribution in [0.3, 0.4) is 0 Å². The molecule has 1 aromatic rings. The number of carbonyl (C=O) groups is 1. The number of piperazine rings is 1. The van der Waals surface area contributed by atoms with Gasteiger partial charge in [-0.15, -0.1) is 11.6 Å². The van der Waals surface area contributed by atoms with E-state index in [0.717, 1.165) is 43.9 Å². The zero-order valence-electron chi connectivity index (χ0n) is 15.3. The fourth-order valence-corrected chi connectivity index (χ4v) is 3.77. The predicted octanol–water partition coefficient (Wildman–Crippen LogP) is 2.37. The highest BCUT2D eigenvalue weighted by molar-refractivity contribution is 6.24. The second-order valence-electron chi connectivity index (χ2n) is 7.23. The van der Waals surface area contributed by atoms with Gasteiger partial charge in [0.2, 0.25) is 0 Å². The second kappa shape index (κ2) is 7.82. The molecule has 1 heterocycles. The van der Waals surface area contributed by atoms with E-state index < -0.39 is 11.3 Å². The molecule has 0 saturated carbocycles. The van der Waals surface area contributed by atoms with E-state index in [1.54, 1.807) is 6.08 Å². The maximum absolute atomic E-state index is 11.6. The number of nitrogens with two attached hydrogens (primary N) is 1. The van der Waals surface area contributed by atoms with Crippen LogP contribution in [-0.2, 0) is 11.3 Å². The number of likely N-dealkylation sites (N-methyl/N-ethyl adjacent to an activating group) is 1. The molecule has 1 aromatic carbocycles. The fourth-order valence-electron chi connectivity index (χ4n) is 3.51. The van der Waals surface area contributed by atoms with E-state index >= 15 is 0 Å². The molecule has 0 radical (unpaired) electrons. The molecule has 2 unspecified atom stereocenters. The van der Waals surface area contributed by atoms with Crippen LogP contribution in [-0.4, -0.2) is 59.4 Å². The lowest BCUT2D eigenvalue weighted by Gasteiger charge is -2.32. The highest BCUT2D eigenvalue weighted by Gasteiger charge is 2.31. The van der Waals surface area contributed by atoms with Gasteiger partial charge in [0.15, 0.2) is 0 Å². The summed E-state index contributed by atoms with van der Waals surface area (Å²) in [6.45, 7) is 7.25. The number of nitrogens with zero attached hydrogens (tertiary/aromatic N) is 2. The summed E-state index contributed by atoms with van der Waals surface area (Å²) in [7, 11) is 2.15. The Morgan fingerprint density at radius 2 is 1.85 bits per heavy atom. The molecule has 1 aliphatic carbocycles. The summed E-state index contributed by atoms with van der Waals surface area (Å²) < 4.78 is 0. The van der Waals surface area contributed by atoms with E-state index in [9.17, 15) is 9.90 Å². The lowest BCUT2D eigenvalue weighted by atomic mass is 9.83. The number of halogens is 1. The molecule has 1 aliphatic heterocycles. The van der Waals surface area contributed by atoms with Crippen LogP contribution >= 0.6 is 11.6 Å². The van der Waals surface area contributed by atoms with E-state index in [1.807, 2.05) is 6.92 Å². The number of carbonyl (C=O) groups excluding carboxylic acids is 1. The van der Waals surface area contributed by atoms with E-state index in [-0.39, 0.29) is 17.3 Å². The van der Waals surface area contributed by atoms with Gasteiger partial charge in [-0.1, -0.05) is 31.2 Å². The van der Waals surface area contributed by atoms with Crippen molar-refractivity contribution in [2.75, 3.05) is 33.2 Å². The van der Waals surface area contributed by atoms with Gasteiger partial charge < -0.3 is 15.7 Å². The molecule has 1 amide bonds. The van der Waals surface area contributed by atoms with Crippen molar-refractivity contribution in [3.8, 4) is 0 Å². The molecule has 2 atom stereocenters. The summed E-state index contributed by atoms with van der Waals surface area (Å²) in [5.41, 5.74) is 8.65. The van der Waals surface area contributed by atoms with Gasteiger partial charge in [-0.2, -0.15) is 0 Å². The number of amides is 1. The maximum Gasteiger partial charge on any atom is 0.252 e. The Morgan fingerprint density at radius 3 is 2.42 bits per heavy atom. The van der Waals surface area contributed by atoms with Gasteiger partial charge in [0.1, 0.15) is 5.76 Å². The molecule has 0 spiro atoms. The van der Waals surface area contributed by atoms with Gasteiger partial charge in [-0.3, -0.25) is 9.69 Å². The molecule has 5 nitrogen and oxygen atoms in total. The minimum absolute atomic E-state index is 0.0969. The zero-order valence-corrected chi connectivity index (χ0v) is 16.0. The van der Waals surface area contributed by atoms with Crippen molar-refractivity contribution in [1.29, 1.82) is 0 Å². The number of hydrogen-bond donors (Lipinski definition) is 2. The first-order valence-corrected chi connectivity index (χ1v) is 9.39. The van der Waals surface area contributed by atoms with Crippen LogP contribution in [0.1, 0.15) is 18.1 Å². The Balaban J connectivity index is 1.77. The molecule has 2 aliphatic rings. The van der Waals surface area contributed by atoms with Gasteiger partial charge in [0.25, 0.3) is 5.91 Å². The minimum atomic E-state index is -0.663. The molecule has 0 bridgehead atoms.